The van der Waals surface area contributed by atoms with E-state index >= 15 is 0 Å². The Hall–Kier alpha value is -1.20. The average Bonchev–Trinajstić information content (AvgIpc) is 2.50. The second-order valence-electron chi connectivity index (χ2n) is 4.93. The molecule has 18 heavy (non-hydrogen) atoms. The van der Waals surface area contributed by atoms with Crippen LogP contribution in [-0.4, -0.2) is 47.6 Å². The Bertz CT molecular complexity index is 418. The van der Waals surface area contributed by atoms with Gasteiger partial charge in [0.25, 0.3) is 0 Å². The lowest BCUT2D eigenvalue weighted by Crippen LogP contribution is -2.38. The molecule has 2 heterocycles. The van der Waals surface area contributed by atoms with Gasteiger partial charge in [-0.05, 0) is 39.1 Å². The van der Waals surface area contributed by atoms with Crippen LogP contribution in [0, 0.1) is 0 Å². The first-order valence-electron chi connectivity index (χ1n) is 6.29. The molecule has 0 aromatic carbocycles. The molecule has 0 bridgehead atoms. The number of aromatic nitrogens is 1. The lowest BCUT2D eigenvalue weighted by molar-refractivity contribution is 0.337. The maximum Gasteiger partial charge on any atom is 0.128 e. The van der Waals surface area contributed by atoms with Crippen molar-refractivity contribution in [3.8, 4) is 0 Å². The summed E-state index contributed by atoms with van der Waals surface area (Å²) in [6.45, 7) is 5.50. The predicted molar refractivity (Wildman–Crippen MR) is 79.0 cm³/mol. The van der Waals surface area contributed by atoms with E-state index in [-0.39, 0.29) is 0 Å². The fraction of sp³-hybridized carbons (Fsp3) is 0.538. The molecule has 1 saturated heterocycles. The summed E-state index contributed by atoms with van der Waals surface area (Å²) in [7, 11) is 2.17. The summed E-state index contributed by atoms with van der Waals surface area (Å²) in [5, 5.41) is 0. The first kappa shape index (κ1) is 13.2. The van der Waals surface area contributed by atoms with Crippen molar-refractivity contribution < 1.29 is 0 Å². The van der Waals surface area contributed by atoms with Crippen molar-refractivity contribution in [2.24, 2.45) is 5.73 Å². The minimum Gasteiger partial charge on any atom is -0.389 e. The van der Waals surface area contributed by atoms with Crippen LogP contribution in [0.3, 0.4) is 0 Å². The predicted octanol–water partition coefficient (Wildman–Crippen LogP) is 1.25. The van der Waals surface area contributed by atoms with E-state index in [0.717, 1.165) is 31.0 Å². The van der Waals surface area contributed by atoms with Crippen LogP contribution in [0.2, 0.25) is 0 Å². The van der Waals surface area contributed by atoms with E-state index in [4.69, 9.17) is 18.0 Å². The maximum atomic E-state index is 5.58. The van der Waals surface area contributed by atoms with Crippen LogP contribution in [-0.2, 0) is 0 Å². The largest absolute Gasteiger partial charge is 0.389 e. The first-order chi connectivity index (χ1) is 8.58. The van der Waals surface area contributed by atoms with Gasteiger partial charge >= 0.3 is 0 Å². The molecule has 2 N–H and O–H groups in total. The highest BCUT2D eigenvalue weighted by Gasteiger charge is 2.20. The monoisotopic (exact) mass is 264 g/mol. The molecule has 0 saturated carbocycles. The van der Waals surface area contributed by atoms with Gasteiger partial charge in [0, 0.05) is 30.9 Å². The van der Waals surface area contributed by atoms with Gasteiger partial charge in [0.05, 0.1) is 0 Å². The van der Waals surface area contributed by atoms with Crippen molar-refractivity contribution in [1.29, 1.82) is 0 Å². The summed E-state index contributed by atoms with van der Waals surface area (Å²) in [6.07, 6.45) is 2.93. The van der Waals surface area contributed by atoms with Gasteiger partial charge < -0.3 is 15.5 Å². The number of pyridine rings is 1. The molecular formula is C13H20N4S. The van der Waals surface area contributed by atoms with E-state index in [1.807, 2.05) is 12.1 Å². The highest BCUT2D eigenvalue weighted by molar-refractivity contribution is 7.80. The number of anilines is 1. The highest BCUT2D eigenvalue weighted by Crippen LogP contribution is 2.18. The fourth-order valence-corrected chi connectivity index (χ4v) is 2.54. The number of nitrogens with zero attached hydrogens (tertiary/aromatic N) is 3. The van der Waals surface area contributed by atoms with Crippen LogP contribution in [0.1, 0.15) is 18.9 Å². The standard InChI is InChI=1S/C13H20N4S/c1-10-9-16(2)6-3-7-17(10)12-5-4-11(8-15-12)13(14)18/h4-5,8,10H,3,6-7,9H2,1-2H3,(H2,14,18). The van der Waals surface area contributed by atoms with Crippen molar-refractivity contribution in [3.05, 3.63) is 23.9 Å². The van der Waals surface area contributed by atoms with Crippen molar-refractivity contribution in [2.45, 2.75) is 19.4 Å². The number of rotatable bonds is 2. The van der Waals surface area contributed by atoms with E-state index in [1.54, 1.807) is 6.20 Å². The van der Waals surface area contributed by atoms with Crippen LogP contribution < -0.4 is 10.6 Å². The van der Waals surface area contributed by atoms with E-state index in [2.05, 4.69) is 28.8 Å². The first-order valence-corrected chi connectivity index (χ1v) is 6.70. The zero-order valence-corrected chi connectivity index (χ0v) is 11.8. The Balaban J connectivity index is 2.16. The molecule has 1 unspecified atom stereocenters. The fourth-order valence-electron chi connectivity index (χ4n) is 2.41. The molecule has 0 spiro atoms. The molecule has 5 heteroatoms. The number of likely N-dealkylation sites (N-methyl/N-ethyl adjacent to an activating group) is 1. The van der Waals surface area contributed by atoms with Gasteiger partial charge in [0.15, 0.2) is 0 Å². The summed E-state index contributed by atoms with van der Waals surface area (Å²) < 4.78 is 0. The quantitative estimate of drug-likeness (QED) is 0.815. The van der Waals surface area contributed by atoms with Crippen molar-refractivity contribution in [2.75, 3.05) is 31.6 Å². The van der Waals surface area contributed by atoms with E-state index in [9.17, 15) is 0 Å². The zero-order chi connectivity index (χ0) is 13.1. The lowest BCUT2D eigenvalue weighted by atomic mass is 10.2. The molecule has 1 fully saturated rings. The third kappa shape index (κ3) is 2.97. The Kier molecular flexibility index (Phi) is 4.14. The number of hydrogen-bond donors (Lipinski definition) is 1. The summed E-state index contributed by atoms with van der Waals surface area (Å²) >= 11 is 4.94. The molecule has 1 atom stereocenters. The van der Waals surface area contributed by atoms with Gasteiger partial charge in [-0.3, -0.25) is 0 Å². The smallest absolute Gasteiger partial charge is 0.128 e. The molecule has 2 rings (SSSR count). The highest BCUT2D eigenvalue weighted by atomic mass is 32.1. The zero-order valence-electron chi connectivity index (χ0n) is 11.0. The van der Waals surface area contributed by atoms with Gasteiger partial charge in [-0.25, -0.2) is 4.98 Å². The van der Waals surface area contributed by atoms with Crippen LogP contribution >= 0.6 is 12.2 Å². The third-order valence-corrected chi connectivity index (χ3v) is 3.61. The Morgan fingerprint density at radius 1 is 1.44 bits per heavy atom. The van der Waals surface area contributed by atoms with E-state index in [1.165, 1.54) is 6.42 Å². The second kappa shape index (κ2) is 5.63. The van der Waals surface area contributed by atoms with Crippen LogP contribution in [0.5, 0.6) is 0 Å². The molecular weight excluding hydrogens is 244 g/mol. The van der Waals surface area contributed by atoms with Crippen molar-refractivity contribution in [1.82, 2.24) is 9.88 Å². The topological polar surface area (TPSA) is 45.4 Å². The van der Waals surface area contributed by atoms with Crippen LogP contribution in [0.25, 0.3) is 0 Å². The molecule has 98 valence electrons. The van der Waals surface area contributed by atoms with Gasteiger partial charge in [0.2, 0.25) is 0 Å². The third-order valence-electron chi connectivity index (χ3n) is 3.37. The minimum atomic E-state index is 0.401. The Morgan fingerprint density at radius 2 is 2.22 bits per heavy atom. The van der Waals surface area contributed by atoms with E-state index < -0.39 is 0 Å². The summed E-state index contributed by atoms with van der Waals surface area (Å²) in [6, 6.07) is 4.43. The normalized spacial score (nSPS) is 21.7. The number of nitrogens with two attached hydrogens (primary N) is 1. The average molecular weight is 264 g/mol. The molecule has 1 aromatic rings. The Labute approximate surface area is 114 Å². The molecule has 1 aliphatic heterocycles. The SMILES string of the molecule is CC1CN(C)CCCN1c1ccc(C(N)=S)cn1. The minimum absolute atomic E-state index is 0.401. The summed E-state index contributed by atoms with van der Waals surface area (Å²) in [5.74, 6) is 1.01. The van der Waals surface area contributed by atoms with Crippen molar-refractivity contribution in [3.63, 3.8) is 0 Å². The maximum absolute atomic E-state index is 5.58. The van der Waals surface area contributed by atoms with Gasteiger partial charge in [-0.2, -0.15) is 0 Å². The van der Waals surface area contributed by atoms with E-state index in [0.29, 0.717) is 11.0 Å². The molecule has 0 amide bonds. The molecule has 1 aromatic heterocycles. The summed E-state index contributed by atoms with van der Waals surface area (Å²) in [5.41, 5.74) is 6.41. The molecule has 0 aliphatic carbocycles. The van der Waals surface area contributed by atoms with Gasteiger partial charge in [0.1, 0.15) is 10.8 Å². The molecule has 0 radical (unpaired) electrons. The van der Waals surface area contributed by atoms with Crippen molar-refractivity contribution >= 4 is 23.0 Å². The van der Waals surface area contributed by atoms with Crippen LogP contribution in [0.15, 0.2) is 18.3 Å². The summed E-state index contributed by atoms with van der Waals surface area (Å²) in [4.78, 5) is 9.60. The second-order valence-corrected chi connectivity index (χ2v) is 5.37. The van der Waals surface area contributed by atoms with Crippen LogP contribution in [0.4, 0.5) is 5.82 Å². The lowest BCUT2D eigenvalue weighted by Gasteiger charge is -2.29. The Morgan fingerprint density at radius 3 is 2.83 bits per heavy atom. The molecule has 1 aliphatic rings. The van der Waals surface area contributed by atoms with Gasteiger partial charge in [-0.1, -0.05) is 12.2 Å². The van der Waals surface area contributed by atoms with Gasteiger partial charge in [-0.15, -0.1) is 0 Å². The number of hydrogen-bond acceptors (Lipinski definition) is 4. The molecule has 4 nitrogen and oxygen atoms in total. The number of thiocarbonyl (C=S) groups is 1.